The second-order valence-corrected chi connectivity index (χ2v) is 8.09. The van der Waals surface area contributed by atoms with Crippen LogP contribution in [0.25, 0.3) is 6.08 Å². The molecule has 1 fully saturated rings. The van der Waals surface area contributed by atoms with Crippen molar-refractivity contribution in [2.45, 2.75) is 18.9 Å². The van der Waals surface area contributed by atoms with E-state index in [1.807, 2.05) is 89.5 Å². The molecule has 0 bridgehead atoms. The second-order valence-electron chi connectivity index (χ2n) is 8.09. The van der Waals surface area contributed by atoms with Crippen LogP contribution in [0.1, 0.15) is 35.8 Å². The molecular weight excluding hydrogens is 400 g/mol. The molecule has 0 spiro atoms. The summed E-state index contributed by atoms with van der Waals surface area (Å²) in [5, 5.41) is 3.20. The molecule has 32 heavy (non-hydrogen) atoms. The van der Waals surface area contributed by atoms with Gasteiger partial charge >= 0.3 is 0 Å². The van der Waals surface area contributed by atoms with Gasteiger partial charge in [-0.05, 0) is 30.0 Å². The molecule has 6 nitrogen and oxygen atoms in total. The molecule has 6 heteroatoms. The largest absolute Gasteiger partial charge is 0.342 e. The number of benzene rings is 2. The van der Waals surface area contributed by atoms with Gasteiger partial charge in [0.15, 0.2) is 0 Å². The minimum Gasteiger partial charge on any atom is -0.342 e. The summed E-state index contributed by atoms with van der Waals surface area (Å²) in [5.41, 5.74) is 1.99. The Balaban J connectivity index is 1.37. The summed E-state index contributed by atoms with van der Waals surface area (Å²) in [6, 6.07) is 19.3. The SMILES string of the molecule is Cn1ccnc1C(NC(=O)C1CCN(C(=O)/C=C/c2ccccc2)CC1)c1ccccc1. The van der Waals surface area contributed by atoms with E-state index < -0.39 is 0 Å². The quantitative estimate of drug-likeness (QED) is 0.611. The number of rotatable bonds is 6. The average molecular weight is 429 g/mol. The molecule has 4 rings (SSSR count). The number of likely N-dealkylation sites (tertiary alicyclic amines) is 1. The number of hydrogen-bond acceptors (Lipinski definition) is 3. The van der Waals surface area contributed by atoms with E-state index in [0.29, 0.717) is 25.9 Å². The average Bonchev–Trinajstić information content (AvgIpc) is 3.27. The van der Waals surface area contributed by atoms with Gasteiger partial charge in [-0.1, -0.05) is 60.7 Å². The fourth-order valence-corrected chi connectivity index (χ4v) is 4.06. The van der Waals surface area contributed by atoms with Crippen LogP contribution in [0.3, 0.4) is 0 Å². The minimum atomic E-state index is -0.308. The van der Waals surface area contributed by atoms with Crippen LogP contribution in [0.15, 0.2) is 79.1 Å². The maximum absolute atomic E-state index is 13.1. The summed E-state index contributed by atoms with van der Waals surface area (Å²) in [6.07, 6.45) is 8.37. The third-order valence-corrected chi connectivity index (χ3v) is 5.93. The molecule has 1 N–H and O–H groups in total. The lowest BCUT2D eigenvalue weighted by molar-refractivity contribution is -0.132. The predicted molar refractivity (Wildman–Crippen MR) is 124 cm³/mol. The standard InChI is InChI=1S/C26H28N4O2/c1-29-19-16-27-25(29)24(21-10-6-3-7-11-21)28-26(32)22-14-17-30(18-15-22)23(31)13-12-20-8-4-2-5-9-20/h2-13,16,19,22,24H,14-15,17-18H2,1H3,(H,28,32)/b13-12+. The maximum Gasteiger partial charge on any atom is 0.246 e. The highest BCUT2D eigenvalue weighted by molar-refractivity contribution is 5.92. The van der Waals surface area contributed by atoms with Crippen molar-refractivity contribution in [1.82, 2.24) is 19.8 Å². The van der Waals surface area contributed by atoms with Crippen LogP contribution in [-0.2, 0) is 16.6 Å². The zero-order chi connectivity index (χ0) is 22.3. The fraction of sp³-hybridized carbons (Fsp3) is 0.269. The summed E-state index contributed by atoms with van der Waals surface area (Å²) >= 11 is 0. The van der Waals surface area contributed by atoms with Crippen molar-refractivity contribution in [1.29, 1.82) is 0 Å². The van der Waals surface area contributed by atoms with Crippen LogP contribution in [0.2, 0.25) is 0 Å². The molecule has 1 atom stereocenters. The first-order valence-corrected chi connectivity index (χ1v) is 11.0. The highest BCUT2D eigenvalue weighted by atomic mass is 16.2. The normalized spacial score (nSPS) is 15.6. The summed E-state index contributed by atoms with van der Waals surface area (Å²) in [4.78, 5) is 31.9. The van der Waals surface area contributed by atoms with E-state index in [4.69, 9.17) is 0 Å². The number of nitrogens with one attached hydrogen (secondary N) is 1. The third-order valence-electron chi connectivity index (χ3n) is 5.93. The third kappa shape index (κ3) is 5.14. The minimum absolute atomic E-state index is 0.00813. The topological polar surface area (TPSA) is 67.2 Å². The molecule has 1 saturated heterocycles. The van der Waals surface area contributed by atoms with Gasteiger partial charge in [-0.2, -0.15) is 0 Å². The van der Waals surface area contributed by atoms with E-state index in [0.717, 1.165) is 17.0 Å². The van der Waals surface area contributed by atoms with Crippen LogP contribution >= 0.6 is 0 Å². The van der Waals surface area contributed by atoms with E-state index in [1.54, 1.807) is 12.3 Å². The van der Waals surface area contributed by atoms with Crippen LogP contribution in [-0.4, -0.2) is 39.4 Å². The molecule has 3 aromatic rings. The summed E-state index contributed by atoms with van der Waals surface area (Å²) in [7, 11) is 1.93. The Morgan fingerprint density at radius 3 is 2.31 bits per heavy atom. The maximum atomic E-state index is 13.1. The van der Waals surface area contributed by atoms with E-state index in [-0.39, 0.29) is 23.8 Å². The van der Waals surface area contributed by atoms with Gasteiger partial charge in [0, 0.05) is 44.5 Å². The zero-order valence-electron chi connectivity index (χ0n) is 18.2. The summed E-state index contributed by atoms with van der Waals surface area (Å²) in [6.45, 7) is 1.16. The molecule has 2 aromatic carbocycles. The molecule has 164 valence electrons. The second kappa shape index (κ2) is 10.1. The van der Waals surface area contributed by atoms with Crippen molar-refractivity contribution in [2.75, 3.05) is 13.1 Å². The lowest BCUT2D eigenvalue weighted by atomic mass is 9.94. The Hall–Kier alpha value is -3.67. The van der Waals surface area contributed by atoms with Crippen molar-refractivity contribution in [3.8, 4) is 0 Å². The first-order valence-electron chi connectivity index (χ1n) is 11.0. The summed E-state index contributed by atoms with van der Waals surface area (Å²) < 4.78 is 1.93. The van der Waals surface area contributed by atoms with Gasteiger partial charge in [0.25, 0.3) is 0 Å². The highest BCUT2D eigenvalue weighted by Crippen LogP contribution is 2.23. The van der Waals surface area contributed by atoms with Crippen LogP contribution in [0, 0.1) is 5.92 Å². The number of imidazole rings is 1. The molecular formula is C26H28N4O2. The number of aromatic nitrogens is 2. The van der Waals surface area contributed by atoms with E-state index in [9.17, 15) is 9.59 Å². The molecule has 1 aliphatic heterocycles. The summed E-state index contributed by atoms with van der Waals surface area (Å²) in [5.74, 6) is 0.670. The lowest BCUT2D eigenvalue weighted by Gasteiger charge is -2.31. The lowest BCUT2D eigenvalue weighted by Crippen LogP contribution is -2.43. The first-order chi connectivity index (χ1) is 15.6. The molecule has 0 radical (unpaired) electrons. The van der Waals surface area contributed by atoms with Gasteiger partial charge in [-0.25, -0.2) is 4.98 Å². The van der Waals surface area contributed by atoms with Gasteiger partial charge < -0.3 is 14.8 Å². The molecule has 2 heterocycles. The van der Waals surface area contributed by atoms with E-state index in [2.05, 4.69) is 10.3 Å². The Morgan fingerprint density at radius 1 is 1.03 bits per heavy atom. The van der Waals surface area contributed by atoms with E-state index >= 15 is 0 Å². The van der Waals surface area contributed by atoms with Gasteiger partial charge in [-0.3, -0.25) is 9.59 Å². The number of aryl methyl sites for hydroxylation is 1. The molecule has 2 amide bonds. The van der Waals surface area contributed by atoms with Crippen LogP contribution in [0.5, 0.6) is 0 Å². The van der Waals surface area contributed by atoms with Crippen molar-refractivity contribution in [2.24, 2.45) is 13.0 Å². The monoisotopic (exact) mass is 428 g/mol. The van der Waals surface area contributed by atoms with Crippen LogP contribution < -0.4 is 5.32 Å². The molecule has 1 aliphatic rings. The highest BCUT2D eigenvalue weighted by Gasteiger charge is 2.29. The van der Waals surface area contributed by atoms with Crippen LogP contribution in [0.4, 0.5) is 0 Å². The number of amides is 2. The number of carbonyl (C=O) groups is 2. The van der Waals surface area contributed by atoms with Crippen molar-refractivity contribution < 1.29 is 9.59 Å². The van der Waals surface area contributed by atoms with Crippen molar-refractivity contribution in [3.05, 3.63) is 96.1 Å². The van der Waals surface area contributed by atoms with Gasteiger partial charge in [0.2, 0.25) is 11.8 Å². The number of hydrogen-bond donors (Lipinski definition) is 1. The predicted octanol–water partition coefficient (Wildman–Crippen LogP) is 3.58. The molecule has 1 unspecified atom stereocenters. The Kier molecular flexibility index (Phi) is 6.80. The zero-order valence-corrected chi connectivity index (χ0v) is 18.2. The number of nitrogens with zero attached hydrogens (tertiary/aromatic N) is 3. The van der Waals surface area contributed by atoms with Crippen molar-refractivity contribution in [3.63, 3.8) is 0 Å². The molecule has 1 aromatic heterocycles. The Morgan fingerprint density at radius 2 is 1.69 bits per heavy atom. The van der Waals surface area contributed by atoms with Gasteiger partial charge in [-0.15, -0.1) is 0 Å². The molecule has 0 aliphatic carbocycles. The Labute approximate surface area is 188 Å². The van der Waals surface area contributed by atoms with Gasteiger partial charge in [0.05, 0.1) is 0 Å². The number of piperidine rings is 1. The fourth-order valence-electron chi connectivity index (χ4n) is 4.06. The molecule has 0 saturated carbocycles. The first kappa shape index (κ1) is 21.6. The van der Waals surface area contributed by atoms with E-state index in [1.165, 1.54) is 0 Å². The van der Waals surface area contributed by atoms with Gasteiger partial charge in [0.1, 0.15) is 11.9 Å². The van der Waals surface area contributed by atoms with Crippen molar-refractivity contribution >= 4 is 17.9 Å². The number of carbonyl (C=O) groups excluding carboxylic acids is 2. The smallest absolute Gasteiger partial charge is 0.246 e. The Bertz CT molecular complexity index is 1070.